The lowest BCUT2D eigenvalue weighted by Crippen LogP contribution is -3.11. The van der Waals surface area contributed by atoms with E-state index in [2.05, 4.69) is 21.1 Å². The van der Waals surface area contributed by atoms with Gasteiger partial charge in [-0.15, -0.1) is 0 Å². The quantitative estimate of drug-likeness (QED) is 0.445. The van der Waals surface area contributed by atoms with Crippen LogP contribution in [0.3, 0.4) is 0 Å². The third-order valence-electron chi connectivity index (χ3n) is 6.33. The average molecular weight is 447 g/mol. The van der Waals surface area contributed by atoms with Gasteiger partial charge in [-0.25, -0.2) is 4.98 Å². The van der Waals surface area contributed by atoms with E-state index in [-0.39, 0.29) is 5.56 Å². The van der Waals surface area contributed by atoms with Crippen molar-refractivity contribution in [3.63, 3.8) is 0 Å². The number of rotatable bonds is 6. The molecule has 2 N–H and O–H groups in total. The van der Waals surface area contributed by atoms with Crippen LogP contribution < -0.4 is 19.9 Å². The fourth-order valence-electron chi connectivity index (χ4n) is 4.58. The largest absolute Gasteiger partial charge is 0.497 e. The maximum absolute atomic E-state index is 13.0. The minimum Gasteiger partial charge on any atom is -0.497 e. The lowest BCUT2D eigenvalue weighted by molar-refractivity contribution is -0.918. The highest BCUT2D eigenvalue weighted by molar-refractivity contribution is 6.04. The van der Waals surface area contributed by atoms with Gasteiger partial charge < -0.3 is 19.4 Å². The minimum absolute atomic E-state index is 0.252. The number of nitrogens with zero attached hydrogens (tertiary/aromatic N) is 3. The van der Waals surface area contributed by atoms with Gasteiger partial charge in [0.05, 0.1) is 39.0 Å². The van der Waals surface area contributed by atoms with Gasteiger partial charge in [-0.2, -0.15) is 9.78 Å². The molecule has 0 atom stereocenters. The summed E-state index contributed by atoms with van der Waals surface area (Å²) in [6, 6.07) is 11.6. The maximum Gasteiger partial charge on any atom is 0.298 e. The topological polar surface area (TPSA) is 85.9 Å². The van der Waals surface area contributed by atoms with Crippen LogP contribution >= 0.6 is 0 Å². The molecule has 0 amide bonds. The van der Waals surface area contributed by atoms with Crippen molar-refractivity contribution >= 4 is 28.2 Å². The zero-order chi connectivity index (χ0) is 22.8. The number of H-pyrrole nitrogens is 1. The molecular formula is C25H28N5O3+. The first kappa shape index (κ1) is 21.2. The highest BCUT2D eigenvalue weighted by Crippen LogP contribution is 2.25. The fourth-order valence-corrected chi connectivity index (χ4v) is 4.58. The molecule has 2 aromatic carbocycles. The molecule has 1 saturated heterocycles. The molecule has 8 heteroatoms. The number of likely N-dealkylation sites (tertiary alicyclic amines) is 1. The van der Waals surface area contributed by atoms with E-state index in [0.717, 1.165) is 34.3 Å². The maximum atomic E-state index is 13.0. The van der Waals surface area contributed by atoms with Crippen molar-refractivity contribution in [3.05, 3.63) is 64.2 Å². The molecule has 0 bridgehead atoms. The Hall–Kier alpha value is -3.65. The zero-order valence-corrected chi connectivity index (χ0v) is 18.9. The molecule has 5 rings (SSSR count). The number of nitrogens with one attached hydrogen (secondary N) is 2. The highest BCUT2D eigenvalue weighted by Gasteiger charge is 2.17. The Labute approximate surface area is 191 Å². The molecule has 0 radical (unpaired) electrons. The Morgan fingerprint density at radius 2 is 1.97 bits per heavy atom. The predicted octanol–water partition coefficient (Wildman–Crippen LogP) is 2.35. The normalized spacial score (nSPS) is 15.0. The molecule has 0 spiro atoms. The molecule has 0 unspecified atom stereocenters. The minimum atomic E-state index is -0.252. The number of quaternary nitrogens is 1. The number of ether oxygens (including phenoxy) is 2. The molecular weight excluding hydrogens is 418 g/mol. The summed E-state index contributed by atoms with van der Waals surface area (Å²) in [6.07, 6.45) is 7.02. The summed E-state index contributed by atoms with van der Waals surface area (Å²) in [6.45, 7) is 3.31. The van der Waals surface area contributed by atoms with E-state index >= 15 is 0 Å². The van der Waals surface area contributed by atoms with Crippen molar-refractivity contribution in [2.75, 3.05) is 27.3 Å². The lowest BCUT2D eigenvalue weighted by Gasteiger charge is -2.24. The van der Waals surface area contributed by atoms with Crippen molar-refractivity contribution in [1.82, 2.24) is 14.6 Å². The zero-order valence-electron chi connectivity index (χ0n) is 18.9. The Kier molecular flexibility index (Phi) is 5.83. The van der Waals surface area contributed by atoms with E-state index in [9.17, 15) is 4.79 Å². The second kappa shape index (κ2) is 9.07. The molecule has 1 fully saturated rings. The standard InChI is InChI=1S/C25H27N5O3/c1-32-19-7-8-20-21(13-19)28-24-23(20)26-16-30(25(24)31)27-14-17-6-9-22(33-2)18(12-17)15-29-10-4-3-5-11-29/h6-9,12-14,16,28H,3-5,10-11,15H2,1-2H3/p+1/b27-14-. The van der Waals surface area contributed by atoms with Gasteiger partial charge in [0.25, 0.3) is 5.56 Å². The highest BCUT2D eigenvalue weighted by atomic mass is 16.5. The number of hydrogen-bond acceptors (Lipinski definition) is 5. The molecule has 1 aliphatic rings. The van der Waals surface area contributed by atoms with Gasteiger partial charge in [0.15, 0.2) is 0 Å². The van der Waals surface area contributed by atoms with Crippen molar-refractivity contribution < 1.29 is 14.4 Å². The number of piperidine rings is 1. The molecule has 1 aliphatic heterocycles. The number of benzene rings is 2. The number of fused-ring (bicyclic) bond motifs is 3. The summed E-state index contributed by atoms with van der Waals surface area (Å²) >= 11 is 0. The van der Waals surface area contributed by atoms with Crippen LogP contribution in [0.4, 0.5) is 0 Å². The molecule has 2 aromatic heterocycles. The van der Waals surface area contributed by atoms with Gasteiger partial charge in [0.2, 0.25) is 0 Å². The van der Waals surface area contributed by atoms with Crippen LogP contribution in [0.5, 0.6) is 11.5 Å². The SMILES string of the molecule is COc1ccc2c(c1)[nH]c1c(=O)n(/N=C\c3ccc(OC)c(C[NH+]4CCCCC4)c3)cnc12. The second-order valence-electron chi connectivity index (χ2n) is 8.46. The summed E-state index contributed by atoms with van der Waals surface area (Å²) < 4.78 is 12.1. The van der Waals surface area contributed by atoms with Crippen LogP contribution in [-0.2, 0) is 6.54 Å². The summed E-state index contributed by atoms with van der Waals surface area (Å²) in [7, 11) is 3.32. The predicted molar refractivity (Wildman–Crippen MR) is 129 cm³/mol. The second-order valence-corrected chi connectivity index (χ2v) is 8.46. The molecule has 0 aliphatic carbocycles. The number of methoxy groups -OCH3 is 2. The van der Waals surface area contributed by atoms with Gasteiger partial charge >= 0.3 is 0 Å². The molecule has 4 aromatic rings. The number of hydrogen-bond donors (Lipinski definition) is 2. The van der Waals surface area contributed by atoms with Crippen LogP contribution in [0.1, 0.15) is 30.4 Å². The van der Waals surface area contributed by atoms with E-state index in [1.807, 2.05) is 30.3 Å². The van der Waals surface area contributed by atoms with E-state index in [0.29, 0.717) is 16.8 Å². The number of aromatic nitrogens is 3. The van der Waals surface area contributed by atoms with Crippen LogP contribution in [-0.4, -0.2) is 48.2 Å². The first-order valence-corrected chi connectivity index (χ1v) is 11.3. The molecule has 3 heterocycles. The van der Waals surface area contributed by atoms with Crippen LogP contribution in [0.25, 0.3) is 21.9 Å². The van der Waals surface area contributed by atoms with Gasteiger partial charge in [-0.3, -0.25) is 4.79 Å². The van der Waals surface area contributed by atoms with Gasteiger partial charge in [0.1, 0.15) is 35.4 Å². The van der Waals surface area contributed by atoms with Crippen LogP contribution in [0, 0.1) is 0 Å². The lowest BCUT2D eigenvalue weighted by atomic mass is 10.1. The van der Waals surface area contributed by atoms with E-state index in [4.69, 9.17) is 9.47 Å². The first-order chi connectivity index (χ1) is 16.2. The van der Waals surface area contributed by atoms with E-state index < -0.39 is 0 Å². The average Bonchev–Trinajstić information content (AvgIpc) is 3.23. The number of aromatic amines is 1. The molecule has 170 valence electrons. The van der Waals surface area contributed by atoms with Crippen molar-refractivity contribution in [3.8, 4) is 11.5 Å². The van der Waals surface area contributed by atoms with Gasteiger partial charge in [-0.05, 0) is 55.2 Å². The Bertz CT molecular complexity index is 1380. The first-order valence-electron chi connectivity index (χ1n) is 11.3. The molecule has 8 nitrogen and oxygen atoms in total. The van der Waals surface area contributed by atoms with E-state index in [1.165, 1.54) is 43.4 Å². The van der Waals surface area contributed by atoms with Crippen molar-refractivity contribution in [2.24, 2.45) is 5.10 Å². The molecule has 0 saturated carbocycles. The summed E-state index contributed by atoms with van der Waals surface area (Å²) in [4.78, 5) is 22.2. The molecule has 33 heavy (non-hydrogen) atoms. The third kappa shape index (κ3) is 4.21. The summed E-state index contributed by atoms with van der Waals surface area (Å²) in [5.41, 5.74) is 3.66. The monoisotopic (exact) mass is 446 g/mol. The smallest absolute Gasteiger partial charge is 0.298 e. The van der Waals surface area contributed by atoms with E-state index in [1.54, 1.807) is 25.3 Å². The van der Waals surface area contributed by atoms with Crippen molar-refractivity contribution in [1.29, 1.82) is 0 Å². The van der Waals surface area contributed by atoms with Crippen LogP contribution in [0.2, 0.25) is 0 Å². The van der Waals surface area contributed by atoms with Gasteiger partial charge in [-0.1, -0.05) is 0 Å². The Morgan fingerprint density at radius 3 is 2.76 bits per heavy atom. The summed E-state index contributed by atoms with van der Waals surface area (Å²) in [5.74, 6) is 1.60. The Morgan fingerprint density at radius 1 is 1.12 bits per heavy atom. The van der Waals surface area contributed by atoms with Crippen molar-refractivity contribution in [2.45, 2.75) is 25.8 Å². The van der Waals surface area contributed by atoms with Gasteiger partial charge in [0, 0.05) is 17.0 Å². The summed E-state index contributed by atoms with van der Waals surface area (Å²) in [5, 5.41) is 5.27. The third-order valence-corrected chi connectivity index (χ3v) is 6.33. The Balaban J connectivity index is 1.45. The fraction of sp³-hybridized carbons (Fsp3) is 0.320. The van der Waals surface area contributed by atoms with Crippen LogP contribution in [0.15, 0.2) is 52.6 Å².